The van der Waals surface area contributed by atoms with Crippen molar-refractivity contribution in [1.82, 2.24) is 10.2 Å². The predicted octanol–water partition coefficient (Wildman–Crippen LogP) is 1.67. The van der Waals surface area contributed by atoms with Crippen LogP contribution in [-0.2, 0) is 9.53 Å². The average Bonchev–Trinajstić information content (AvgIpc) is 2.54. The van der Waals surface area contributed by atoms with E-state index in [1.807, 2.05) is 36.1 Å². The van der Waals surface area contributed by atoms with E-state index in [1.54, 1.807) is 14.0 Å². The summed E-state index contributed by atoms with van der Waals surface area (Å²) in [6, 6.07) is 7.28. The van der Waals surface area contributed by atoms with Crippen molar-refractivity contribution < 1.29 is 23.8 Å². The van der Waals surface area contributed by atoms with Crippen molar-refractivity contribution in [3.8, 4) is 11.5 Å². The first-order valence-electron chi connectivity index (χ1n) is 7.54. The summed E-state index contributed by atoms with van der Waals surface area (Å²) in [5, 5.41) is 2.17. The van der Waals surface area contributed by atoms with Crippen molar-refractivity contribution in [2.45, 2.75) is 13.8 Å². The number of carbonyl (C=O) groups excluding carboxylic acids is 2. The van der Waals surface area contributed by atoms with Crippen molar-refractivity contribution in [3.05, 3.63) is 24.3 Å². The number of amides is 2. The Bertz CT molecular complexity index is 490. The minimum Gasteiger partial charge on any atom is -0.497 e. The Hall–Kier alpha value is -2.28. The number of benzene rings is 1. The van der Waals surface area contributed by atoms with E-state index in [1.165, 1.54) is 0 Å². The molecule has 0 unspecified atom stereocenters. The van der Waals surface area contributed by atoms with Crippen molar-refractivity contribution >= 4 is 12.0 Å². The van der Waals surface area contributed by atoms with Gasteiger partial charge in [-0.3, -0.25) is 15.0 Å². The maximum absolute atomic E-state index is 11.7. The maximum Gasteiger partial charge on any atom is 0.413 e. The van der Waals surface area contributed by atoms with Gasteiger partial charge in [-0.2, -0.15) is 0 Å². The molecule has 7 nitrogen and oxygen atoms in total. The van der Waals surface area contributed by atoms with Crippen LogP contribution in [0.5, 0.6) is 11.5 Å². The lowest BCUT2D eigenvalue weighted by Gasteiger charge is -2.19. The van der Waals surface area contributed by atoms with Crippen LogP contribution in [0.2, 0.25) is 0 Å². The van der Waals surface area contributed by atoms with Gasteiger partial charge in [0.2, 0.25) is 5.91 Å². The number of nitrogens with zero attached hydrogens (tertiary/aromatic N) is 1. The van der Waals surface area contributed by atoms with Gasteiger partial charge in [0, 0.05) is 6.54 Å². The molecule has 2 amide bonds. The summed E-state index contributed by atoms with van der Waals surface area (Å²) >= 11 is 0. The largest absolute Gasteiger partial charge is 0.497 e. The summed E-state index contributed by atoms with van der Waals surface area (Å²) in [6.45, 7) is 5.63. The van der Waals surface area contributed by atoms with Gasteiger partial charge in [-0.15, -0.1) is 0 Å². The predicted molar refractivity (Wildman–Crippen MR) is 85.8 cm³/mol. The van der Waals surface area contributed by atoms with E-state index in [0.717, 1.165) is 11.5 Å². The second kappa shape index (κ2) is 10.4. The molecule has 0 fully saturated rings. The Labute approximate surface area is 136 Å². The van der Waals surface area contributed by atoms with Gasteiger partial charge in [-0.1, -0.05) is 6.92 Å². The number of nitrogens with one attached hydrogen (secondary N) is 1. The Balaban J connectivity index is 2.32. The molecule has 1 rings (SSSR count). The van der Waals surface area contributed by atoms with Gasteiger partial charge in [0.05, 0.1) is 20.3 Å². The summed E-state index contributed by atoms with van der Waals surface area (Å²) in [6.07, 6.45) is -0.719. The third kappa shape index (κ3) is 7.51. The summed E-state index contributed by atoms with van der Waals surface area (Å²) in [5.74, 6) is 1.11. The molecular formula is C16H24N2O5. The van der Waals surface area contributed by atoms with E-state index in [4.69, 9.17) is 9.47 Å². The third-order valence-corrected chi connectivity index (χ3v) is 3.07. The number of hydrogen-bond acceptors (Lipinski definition) is 6. The molecule has 23 heavy (non-hydrogen) atoms. The second-order valence-electron chi connectivity index (χ2n) is 4.66. The number of rotatable bonds is 9. The highest BCUT2D eigenvalue weighted by Crippen LogP contribution is 2.16. The van der Waals surface area contributed by atoms with Crippen LogP contribution < -0.4 is 14.8 Å². The molecule has 128 valence electrons. The fourth-order valence-corrected chi connectivity index (χ4v) is 1.84. The molecule has 0 aliphatic heterocycles. The zero-order valence-electron chi connectivity index (χ0n) is 13.8. The molecule has 0 aliphatic rings. The first-order valence-corrected chi connectivity index (χ1v) is 7.54. The van der Waals surface area contributed by atoms with Crippen LogP contribution in [0, 0.1) is 0 Å². The molecule has 7 heteroatoms. The Morgan fingerprint density at radius 1 is 1.13 bits per heavy atom. The van der Waals surface area contributed by atoms with Gasteiger partial charge < -0.3 is 14.2 Å². The van der Waals surface area contributed by atoms with E-state index in [9.17, 15) is 9.59 Å². The van der Waals surface area contributed by atoms with E-state index in [-0.39, 0.29) is 13.2 Å². The van der Waals surface area contributed by atoms with E-state index >= 15 is 0 Å². The second-order valence-corrected chi connectivity index (χ2v) is 4.66. The van der Waals surface area contributed by atoms with E-state index in [0.29, 0.717) is 19.7 Å². The summed E-state index contributed by atoms with van der Waals surface area (Å²) in [4.78, 5) is 24.7. The fraction of sp³-hybridized carbons (Fsp3) is 0.500. The lowest BCUT2D eigenvalue weighted by molar-refractivity contribution is -0.121. The maximum atomic E-state index is 11.7. The molecule has 0 saturated heterocycles. The lowest BCUT2D eigenvalue weighted by Crippen LogP contribution is -2.41. The summed E-state index contributed by atoms with van der Waals surface area (Å²) < 4.78 is 15.4. The molecule has 0 aromatic heterocycles. The molecule has 1 aromatic carbocycles. The molecule has 0 bridgehead atoms. The van der Waals surface area contributed by atoms with Crippen molar-refractivity contribution in [1.29, 1.82) is 0 Å². The highest BCUT2D eigenvalue weighted by Gasteiger charge is 2.12. The smallest absolute Gasteiger partial charge is 0.413 e. The van der Waals surface area contributed by atoms with Crippen LogP contribution in [0.3, 0.4) is 0 Å². The number of alkyl carbamates (subject to hydrolysis) is 1. The summed E-state index contributed by atoms with van der Waals surface area (Å²) in [5.41, 5.74) is 0. The van der Waals surface area contributed by atoms with Crippen LogP contribution >= 0.6 is 0 Å². The molecule has 1 aromatic rings. The number of likely N-dealkylation sites (N-methyl/N-ethyl adjacent to an activating group) is 1. The van der Waals surface area contributed by atoms with Crippen LogP contribution in [0.15, 0.2) is 24.3 Å². The quantitative estimate of drug-likeness (QED) is 0.744. The number of methoxy groups -OCH3 is 1. The third-order valence-electron chi connectivity index (χ3n) is 3.07. The van der Waals surface area contributed by atoms with Gasteiger partial charge in [0.25, 0.3) is 0 Å². The standard InChI is InChI=1S/C16H24N2O5/c1-4-18(12-15(19)17-16(20)22-5-2)10-11-23-14-8-6-13(21-3)7-9-14/h6-9H,4-5,10-12H2,1-3H3,(H,17,19,20). The molecular weight excluding hydrogens is 300 g/mol. The van der Waals surface area contributed by atoms with Crippen molar-refractivity contribution in [2.24, 2.45) is 0 Å². The molecule has 0 aliphatic carbocycles. The highest BCUT2D eigenvalue weighted by atomic mass is 16.5. The van der Waals surface area contributed by atoms with Crippen LogP contribution in [0.1, 0.15) is 13.8 Å². The molecule has 0 heterocycles. The molecule has 0 atom stereocenters. The molecule has 0 radical (unpaired) electrons. The highest BCUT2D eigenvalue weighted by molar-refractivity contribution is 5.92. The normalized spacial score (nSPS) is 10.3. The van der Waals surface area contributed by atoms with Crippen molar-refractivity contribution in [2.75, 3.05) is 40.0 Å². The van der Waals surface area contributed by atoms with E-state index in [2.05, 4.69) is 10.1 Å². The Kier molecular flexibility index (Phi) is 8.52. The first-order chi connectivity index (χ1) is 11.1. The Morgan fingerprint density at radius 2 is 1.78 bits per heavy atom. The zero-order chi connectivity index (χ0) is 17.1. The number of imide groups is 1. The average molecular weight is 324 g/mol. The fourth-order valence-electron chi connectivity index (χ4n) is 1.84. The van der Waals surface area contributed by atoms with Crippen molar-refractivity contribution in [3.63, 3.8) is 0 Å². The monoisotopic (exact) mass is 324 g/mol. The first kappa shape index (κ1) is 18.8. The number of ether oxygens (including phenoxy) is 3. The van der Waals surface area contributed by atoms with Gasteiger partial charge in [0.15, 0.2) is 0 Å². The van der Waals surface area contributed by atoms with Crippen LogP contribution in [-0.4, -0.2) is 56.9 Å². The van der Waals surface area contributed by atoms with Gasteiger partial charge >= 0.3 is 6.09 Å². The van der Waals surface area contributed by atoms with Gasteiger partial charge in [0.1, 0.15) is 18.1 Å². The van der Waals surface area contributed by atoms with Crippen LogP contribution in [0.4, 0.5) is 4.79 Å². The van der Waals surface area contributed by atoms with E-state index < -0.39 is 12.0 Å². The minimum atomic E-state index is -0.719. The topological polar surface area (TPSA) is 77.1 Å². The molecule has 0 spiro atoms. The zero-order valence-corrected chi connectivity index (χ0v) is 13.8. The number of carbonyl (C=O) groups is 2. The van der Waals surface area contributed by atoms with Gasteiger partial charge in [-0.05, 0) is 37.7 Å². The Morgan fingerprint density at radius 3 is 2.35 bits per heavy atom. The lowest BCUT2D eigenvalue weighted by atomic mass is 10.3. The SMILES string of the molecule is CCOC(=O)NC(=O)CN(CC)CCOc1ccc(OC)cc1. The van der Waals surface area contributed by atoms with Crippen LogP contribution in [0.25, 0.3) is 0 Å². The molecule has 0 saturated carbocycles. The minimum absolute atomic E-state index is 0.112. The number of hydrogen-bond donors (Lipinski definition) is 1. The summed E-state index contributed by atoms with van der Waals surface area (Å²) in [7, 11) is 1.61. The molecule has 1 N–H and O–H groups in total. The van der Waals surface area contributed by atoms with Gasteiger partial charge in [-0.25, -0.2) is 4.79 Å².